The van der Waals surface area contributed by atoms with Crippen molar-refractivity contribution in [3.8, 4) is 44.9 Å². The van der Waals surface area contributed by atoms with Crippen molar-refractivity contribution in [1.82, 2.24) is 10.6 Å². The molecule has 2 aliphatic rings. The maximum Gasteiger partial charge on any atom is 0.323 e. The van der Waals surface area contributed by atoms with Crippen molar-refractivity contribution in [3.05, 3.63) is 82.8 Å². The van der Waals surface area contributed by atoms with Gasteiger partial charge in [-0.15, -0.1) is 0 Å². The van der Waals surface area contributed by atoms with Crippen LogP contribution in [0, 0.1) is 0 Å². The third kappa shape index (κ3) is 8.45. The Morgan fingerprint density at radius 1 is 0.661 bits per heavy atom. The third-order valence-corrected chi connectivity index (χ3v) is 10.4. The van der Waals surface area contributed by atoms with Gasteiger partial charge in [-0.3, -0.25) is 19.2 Å². The third-order valence-electron chi connectivity index (χ3n) is 9.61. The van der Waals surface area contributed by atoms with Gasteiger partial charge in [0.15, 0.2) is 13.2 Å². The SMILES string of the molecule is C[C@@H](O)[C@H](NCCN1C(=O)COc2cc(-c3cccc(-c4cccc(-c5ccc6c(c5)OCC(=O)N6CCN[C@H](C(=O)O)[C@@H](C)O)c4Cl)c3Cl)ccc21)C(=O)O. The van der Waals surface area contributed by atoms with Gasteiger partial charge >= 0.3 is 11.9 Å². The molecule has 0 radical (unpaired) electrons. The number of hydrogen-bond acceptors (Lipinski definition) is 10. The molecule has 0 aromatic heterocycles. The molecule has 0 unspecified atom stereocenters. The summed E-state index contributed by atoms with van der Waals surface area (Å²) in [5.41, 5.74) is 5.18. The second-order valence-corrected chi connectivity index (χ2v) is 14.1. The van der Waals surface area contributed by atoms with E-state index in [0.29, 0.717) is 55.2 Å². The minimum absolute atomic E-state index is 0.124. The van der Waals surface area contributed by atoms with Gasteiger partial charge in [0, 0.05) is 48.4 Å². The fraction of sp³-hybridized carbons (Fsp3) is 0.300. The van der Waals surface area contributed by atoms with Crippen LogP contribution in [0.5, 0.6) is 11.5 Å². The van der Waals surface area contributed by atoms with Crippen LogP contribution in [0.3, 0.4) is 0 Å². The standard InChI is InChI=1S/C40H40Cl2N4O10/c1-21(47)37(39(51)52)43-13-15-45-29-11-9-23(17-31(29)55-19-33(45)49)25-5-3-7-27(35(25)41)28-8-4-6-26(36(28)42)24-10-12-30-32(18-24)56-20-34(50)46(30)16-14-44-38(22(2)48)40(53)54/h3-12,17-18,21-22,37-38,43-44,47-48H,13-16,19-20H2,1-2H3,(H,51,52)(H,53,54)/t21-,22-,37+,38+/m1/s1. The van der Waals surface area contributed by atoms with E-state index in [9.17, 15) is 39.6 Å². The molecule has 0 spiro atoms. The summed E-state index contributed by atoms with van der Waals surface area (Å²) in [6.45, 7) is 2.90. The molecule has 4 aromatic rings. The average Bonchev–Trinajstić information content (AvgIpc) is 3.16. The van der Waals surface area contributed by atoms with Gasteiger partial charge in [0.2, 0.25) is 0 Å². The topological polar surface area (TPSA) is 198 Å². The lowest BCUT2D eigenvalue weighted by Crippen LogP contribution is -2.49. The number of carbonyl (C=O) groups excluding carboxylic acids is 2. The normalized spacial score (nSPS) is 15.9. The van der Waals surface area contributed by atoms with E-state index in [1.54, 1.807) is 24.3 Å². The Bertz CT molecular complexity index is 2010. The molecule has 0 fully saturated rings. The number of rotatable bonds is 15. The lowest BCUT2D eigenvalue weighted by molar-refractivity contribution is -0.143. The Labute approximate surface area is 332 Å². The number of aliphatic hydroxyl groups excluding tert-OH is 2. The van der Waals surface area contributed by atoms with Crippen molar-refractivity contribution in [2.75, 3.05) is 49.2 Å². The highest BCUT2D eigenvalue weighted by Gasteiger charge is 2.30. The lowest BCUT2D eigenvalue weighted by Gasteiger charge is -2.30. The summed E-state index contributed by atoms with van der Waals surface area (Å²) in [5.74, 6) is -2.08. The number of amides is 2. The van der Waals surface area contributed by atoms with Crippen molar-refractivity contribution < 1.29 is 49.1 Å². The van der Waals surface area contributed by atoms with Gasteiger partial charge in [-0.1, -0.05) is 71.7 Å². The molecule has 2 amide bonds. The number of carboxylic acids is 2. The largest absolute Gasteiger partial charge is 0.482 e. The highest BCUT2D eigenvalue weighted by atomic mass is 35.5. The summed E-state index contributed by atoms with van der Waals surface area (Å²) in [5, 5.41) is 44.7. The highest BCUT2D eigenvalue weighted by molar-refractivity contribution is 6.39. The van der Waals surface area contributed by atoms with E-state index in [1.165, 1.54) is 23.6 Å². The average molecular weight is 808 g/mol. The van der Waals surface area contributed by atoms with Crippen molar-refractivity contribution in [2.45, 2.75) is 38.1 Å². The summed E-state index contributed by atoms with van der Waals surface area (Å²) in [6, 6.07) is 19.5. The molecule has 6 N–H and O–H groups in total. The van der Waals surface area contributed by atoms with Gasteiger partial charge in [-0.2, -0.15) is 0 Å². The predicted molar refractivity (Wildman–Crippen MR) is 211 cm³/mol. The van der Waals surface area contributed by atoms with E-state index >= 15 is 0 Å². The Morgan fingerprint density at radius 2 is 1.04 bits per heavy atom. The van der Waals surface area contributed by atoms with Gasteiger partial charge in [0.25, 0.3) is 11.8 Å². The number of anilines is 2. The van der Waals surface area contributed by atoms with Gasteiger partial charge < -0.3 is 50.3 Å². The van der Waals surface area contributed by atoms with Gasteiger partial charge in [0.05, 0.1) is 33.6 Å². The van der Waals surface area contributed by atoms with Crippen molar-refractivity contribution in [2.24, 2.45) is 0 Å². The Hall–Kier alpha value is -5.22. The second-order valence-electron chi connectivity index (χ2n) is 13.4. The number of hydrogen-bond donors (Lipinski definition) is 6. The molecule has 4 atom stereocenters. The van der Waals surface area contributed by atoms with Crippen molar-refractivity contribution >= 4 is 58.3 Å². The molecule has 0 bridgehead atoms. The lowest BCUT2D eigenvalue weighted by atomic mass is 9.95. The molecular weight excluding hydrogens is 767 g/mol. The molecule has 6 rings (SSSR count). The van der Waals surface area contributed by atoms with Crippen LogP contribution in [0.15, 0.2) is 72.8 Å². The molecule has 0 aliphatic carbocycles. The molecular formula is C40H40Cl2N4O10. The van der Waals surface area contributed by atoms with E-state index in [2.05, 4.69) is 10.6 Å². The quantitative estimate of drug-likeness (QED) is 0.0999. The summed E-state index contributed by atoms with van der Waals surface area (Å²) in [7, 11) is 0. The predicted octanol–water partition coefficient (Wildman–Crippen LogP) is 4.29. The maximum atomic E-state index is 12.8. The van der Waals surface area contributed by atoms with Crippen LogP contribution in [-0.4, -0.2) is 108 Å². The van der Waals surface area contributed by atoms with Crippen molar-refractivity contribution in [1.29, 1.82) is 0 Å². The van der Waals surface area contributed by atoms with E-state index < -0.39 is 36.2 Å². The molecule has 4 aromatic carbocycles. The first-order valence-corrected chi connectivity index (χ1v) is 18.5. The number of halogens is 2. The number of carbonyl (C=O) groups is 4. The number of nitrogens with zero attached hydrogens (tertiary/aromatic N) is 2. The zero-order valence-corrected chi connectivity index (χ0v) is 31.9. The van der Waals surface area contributed by atoms with Gasteiger partial charge in [0.1, 0.15) is 23.6 Å². The summed E-state index contributed by atoms with van der Waals surface area (Å²) in [4.78, 5) is 51.5. The number of ether oxygens (including phenoxy) is 2. The van der Waals surface area contributed by atoms with Crippen LogP contribution < -0.4 is 29.9 Å². The van der Waals surface area contributed by atoms with Crippen molar-refractivity contribution in [3.63, 3.8) is 0 Å². The van der Waals surface area contributed by atoms with Gasteiger partial charge in [-0.05, 0) is 49.2 Å². The van der Waals surface area contributed by atoms with Crippen LogP contribution >= 0.6 is 23.2 Å². The molecule has 2 aliphatic heterocycles. The van der Waals surface area contributed by atoms with E-state index in [-0.39, 0.29) is 51.2 Å². The summed E-state index contributed by atoms with van der Waals surface area (Å²) >= 11 is 14.2. The number of aliphatic hydroxyl groups is 2. The van der Waals surface area contributed by atoms with E-state index in [0.717, 1.165) is 11.1 Å². The van der Waals surface area contributed by atoms with Gasteiger partial charge in [-0.25, -0.2) is 0 Å². The van der Waals surface area contributed by atoms with Crippen LogP contribution in [0.4, 0.5) is 11.4 Å². The Morgan fingerprint density at radius 3 is 1.39 bits per heavy atom. The van der Waals surface area contributed by atoms with Crippen LogP contribution in [0.1, 0.15) is 13.8 Å². The Kier molecular flexibility index (Phi) is 12.5. The highest BCUT2D eigenvalue weighted by Crippen LogP contribution is 2.45. The van der Waals surface area contributed by atoms with E-state index in [1.807, 2.05) is 48.5 Å². The summed E-state index contributed by atoms with van der Waals surface area (Å²) in [6.07, 6.45) is -2.25. The fourth-order valence-corrected chi connectivity index (χ4v) is 7.43. The summed E-state index contributed by atoms with van der Waals surface area (Å²) < 4.78 is 11.6. The van der Waals surface area contributed by atoms with E-state index in [4.69, 9.17) is 32.7 Å². The van der Waals surface area contributed by atoms with Crippen LogP contribution in [0.2, 0.25) is 10.0 Å². The molecule has 0 saturated heterocycles. The fourth-order valence-electron chi connectivity index (χ4n) is 6.75. The zero-order valence-electron chi connectivity index (χ0n) is 30.4. The van der Waals surface area contributed by atoms with Crippen LogP contribution in [-0.2, 0) is 19.2 Å². The molecule has 294 valence electrons. The molecule has 16 heteroatoms. The first-order chi connectivity index (χ1) is 26.8. The molecule has 14 nitrogen and oxygen atoms in total. The number of fused-ring (bicyclic) bond motifs is 2. The molecule has 2 heterocycles. The Balaban J connectivity index is 1.23. The number of aliphatic carboxylic acids is 2. The zero-order chi connectivity index (χ0) is 40.3. The maximum absolute atomic E-state index is 12.8. The second kappa shape index (κ2) is 17.3. The van der Waals surface area contributed by atoms with Crippen LogP contribution in [0.25, 0.3) is 33.4 Å². The number of carboxylic acid groups (broad SMARTS) is 2. The minimum Gasteiger partial charge on any atom is -0.482 e. The molecule has 0 saturated carbocycles. The first kappa shape index (κ1) is 40.4. The monoisotopic (exact) mass is 806 g/mol. The number of benzene rings is 4. The first-order valence-electron chi connectivity index (χ1n) is 17.8. The smallest absolute Gasteiger partial charge is 0.323 e. The minimum atomic E-state index is -1.19. The molecule has 56 heavy (non-hydrogen) atoms. The number of nitrogens with one attached hydrogen (secondary N) is 2.